The number of urea groups is 1. The van der Waals surface area contributed by atoms with Gasteiger partial charge in [0.2, 0.25) is 0 Å². The highest BCUT2D eigenvalue weighted by Gasteiger charge is 2.21. The Morgan fingerprint density at radius 2 is 1.95 bits per heavy atom. The molecule has 0 fully saturated rings. The van der Waals surface area contributed by atoms with Crippen LogP contribution in [-0.2, 0) is 4.79 Å². The van der Waals surface area contributed by atoms with E-state index in [0.717, 1.165) is 0 Å². The molecule has 0 aliphatic rings. The van der Waals surface area contributed by atoms with Crippen LogP contribution in [0.5, 0.6) is 0 Å². The summed E-state index contributed by atoms with van der Waals surface area (Å²) in [5.74, 6) is -1.46. The lowest BCUT2D eigenvalue weighted by molar-refractivity contribution is -0.142. The number of rotatable bonds is 8. The van der Waals surface area contributed by atoms with E-state index in [1.807, 2.05) is 20.8 Å². The topological polar surface area (TPSA) is 93.4 Å². The fourth-order valence-electron chi connectivity index (χ4n) is 1.89. The van der Waals surface area contributed by atoms with Crippen LogP contribution in [0.25, 0.3) is 0 Å². The minimum absolute atomic E-state index is 0.115. The standard InChI is InChI=1S/C14H25N3O3/c1-5-17(9-11(4)7-15)14(20)16-8-12(13(18)19)6-10(2)3/h10-12H,5-6,8-9H2,1-4H3,(H,16,20)(H,18,19). The van der Waals surface area contributed by atoms with Gasteiger partial charge in [0.15, 0.2) is 0 Å². The molecule has 0 aliphatic carbocycles. The molecule has 2 N–H and O–H groups in total. The first-order chi connectivity index (χ1) is 9.31. The van der Waals surface area contributed by atoms with Crippen LogP contribution < -0.4 is 5.32 Å². The summed E-state index contributed by atoms with van der Waals surface area (Å²) in [4.78, 5) is 24.6. The third kappa shape index (κ3) is 6.98. The summed E-state index contributed by atoms with van der Waals surface area (Å²) < 4.78 is 0. The predicted octanol–water partition coefficient (Wildman–Crippen LogP) is 1.92. The number of carbonyl (C=O) groups is 2. The van der Waals surface area contributed by atoms with Crippen LogP contribution in [0.2, 0.25) is 0 Å². The van der Waals surface area contributed by atoms with E-state index in [-0.39, 0.29) is 24.4 Å². The molecule has 0 saturated carbocycles. The van der Waals surface area contributed by atoms with Crippen molar-refractivity contribution in [3.8, 4) is 6.07 Å². The SMILES string of the molecule is CCN(CC(C)C#N)C(=O)NCC(CC(C)C)C(=O)O. The normalized spacial score (nSPS) is 13.4. The molecule has 0 aromatic heterocycles. The number of nitriles is 1. The summed E-state index contributed by atoms with van der Waals surface area (Å²) in [6.07, 6.45) is 0.524. The van der Waals surface area contributed by atoms with Gasteiger partial charge in [0, 0.05) is 19.6 Å². The zero-order chi connectivity index (χ0) is 15.7. The molecule has 0 saturated heterocycles. The number of carboxylic acids is 1. The second kappa shape index (κ2) is 9.18. The molecule has 0 aromatic rings. The highest BCUT2D eigenvalue weighted by molar-refractivity contribution is 5.76. The van der Waals surface area contributed by atoms with E-state index in [1.54, 1.807) is 6.92 Å². The third-order valence-corrected chi connectivity index (χ3v) is 2.99. The molecular formula is C14H25N3O3. The molecule has 0 radical (unpaired) electrons. The van der Waals surface area contributed by atoms with Gasteiger partial charge in [0.25, 0.3) is 0 Å². The second-order valence-corrected chi connectivity index (χ2v) is 5.42. The summed E-state index contributed by atoms with van der Waals surface area (Å²) in [5.41, 5.74) is 0. The number of carbonyl (C=O) groups excluding carboxylic acids is 1. The summed E-state index contributed by atoms with van der Waals surface area (Å²) in [6, 6.07) is 1.76. The van der Waals surface area contributed by atoms with Gasteiger partial charge >= 0.3 is 12.0 Å². The van der Waals surface area contributed by atoms with Crippen LogP contribution in [0.4, 0.5) is 4.79 Å². The fraction of sp³-hybridized carbons (Fsp3) is 0.786. The summed E-state index contributed by atoms with van der Waals surface area (Å²) in [7, 11) is 0. The lowest BCUT2D eigenvalue weighted by Gasteiger charge is -2.23. The Bertz CT molecular complexity index is 363. The van der Waals surface area contributed by atoms with Crippen molar-refractivity contribution in [2.75, 3.05) is 19.6 Å². The number of nitrogens with one attached hydrogen (secondary N) is 1. The van der Waals surface area contributed by atoms with Crippen molar-refractivity contribution in [1.82, 2.24) is 10.2 Å². The van der Waals surface area contributed by atoms with E-state index in [2.05, 4.69) is 11.4 Å². The van der Waals surface area contributed by atoms with Gasteiger partial charge in [-0.1, -0.05) is 13.8 Å². The Morgan fingerprint density at radius 1 is 1.35 bits per heavy atom. The van der Waals surface area contributed by atoms with Gasteiger partial charge in [-0.25, -0.2) is 4.79 Å². The first kappa shape index (κ1) is 18.2. The largest absolute Gasteiger partial charge is 0.481 e. The average Bonchev–Trinajstić information content (AvgIpc) is 2.39. The number of hydrogen-bond donors (Lipinski definition) is 2. The highest BCUT2D eigenvalue weighted by Crippen LogP contribution is 2.11. The number of amides is 2. The Kier molecular flexibility index (Phi) is 8.37. The van der Waals surface area contributed by atoms with Crippen molar-refractivity contribution in [1.29, 1.82) is 5.26 Å². The van der Waals surface area contributed by atoms with Gasteiger partial charge in [0.1, 0.15) is 0 Å². The van der Waals surface area contributed by atoms with Gasteiger partial charge in [-0.3, -0.25) is 4.79 Å². The minimum atomic E-state index is -0.896. The Labute approximate surface area is 120 Å². The molecule has 0 rings (SSSR count). The molecule has 0 spiro atoms. The van der Waals surface area contributed by atoms with Crippen molar-refractivity contribution in [2.24, 2.45) is 17.8 Å². The van der Waals surface area contributed by atoms with Crippen molar-refractivity contribution < 1.29 is 14.7 Å². The minimum Gasteiger partial charge on any atom is -0.481 e. The van der Waals surface area contributed by atoms with Crippen LogP contribution in [0.1, 0.15) is 34.1 Å². The van der Waals surface area contributed by atoms with Crippen molar-refractivity contribution in [2.45, 2.75) is 34.1 Å². The Hall–Kier alpha value is -1.77. The van der Waals surface area contributed by atoms with Gasteiger partial charge < -0.3 is 15.3 Å². The van der Waals surface area contributed by atoms with Crippen LogP contribution in [0.15, 0.2) is 0 Å². The highest BCUT2D eigenvalue weighted by atomic mass is 16.4. The lowest BCUT2D eigenvalue weighted by atomic mass is 9.97. The van der Waals surface area contributed by atoms with Gasteiger partial charge in [0.05, 0.1) is 17.9 Å². The monoisotopic (exact) mass is 283 g/mol. The van der Waals surface area contributed by atoms with Crippen LogP contribution in [0.3, 0.4) is 0 Å². The van der Waals surface area contributed by atoms with Gasteiger partial charge in [-0.15, -0.1) is 0 Å². The number of nitrogens with zero attached hydrogens (tertiary/aromatic N) is 2. The summed E-state index contributed by atoms with van der Waals surface area (Å²) >= 11 is 0. The van der Waals surface area contributed by atoms with E-state index in [9.17, 15) is 9.59 Å². The zero-order valence-corrected chi connectivity index (χ0v) is 12.7. The van der Waals surface area contributed by atoms with E-state index in [0.29, 0.717) is 19.5 Å². The maximum Gasteiger partial charge on any atom is 0.317 e. The smallest absolute Gasteiger partial charge is 0.317 e. The molecule has 2 unspecified atom stereocenters. The van der Waals surface area contributed by atoms with E-state index in [4.69, 9.17) is 10.4 Å². The molecule has 0 aliphatic heterocycles. The van der Waals surface area contributed by atoms with E-state index < -0.39 is 11.9 Å². The predicted molar refractivity (Wildman–Crippen MR) is 76.0 cm³/mol. The van der Waals surface area contributed by atoms with Crippen LogP contribution in [-0.4, -0.2) is 41.6 Å². The molecule has 6 nitrogen and oxygen atoms in total. The first-order valence-corrected chi connectivity index (χ1v) is 6.96. The number of carboxylic acid groups (broad SMARTS) is 1. The van der Waals surface area contributed by atoms with Gasteiger partial charge in [-0.05, 0) is 26.2 Å². The molecule has 0 heterocycles. The van der Waals surface area contributed by atoms with Gasteiger partial charge in [-0.2, -0.15) is 5.26 Å². The molecule has 2 atom stereocenters. The number of hydrogen-bond acceptors (Lipinski definition) is 3. The van der Waals surface area contributed by atoms with Crippen LogP contribution in [0, 0.1) is 29.1 Å². The Balaban J connectivity index is 4.42. The molecule has 2 amide bonds. The number of aliphatic carboxylic acids is 1. The molecule has 0 bridgehead atoms. The van der Waals surface area contributed by atoms with E-state index in [1.165, 1.54) is 4.90 Å². The molecular weight excluding hydrogens is 258 g/mol. The fourth-order valence-corrected chi connectivity index (χ4v) is 1.89. The maximum atomic E-state index is 12.0. The van der Waals surface area contributed by atoms with Crippen LogP contribution >= 0.6 is 0 Å². The molecule has 20 heavy (non-hydrogen) atoms. The molecule has 0 aromatic carbocycles. The van der Waals surface area contributed by atoms with Crippen molar-refractivity contribution in [3.63, 3.8) is 0 Å². The quantitative estimate of drug-likeness (QED) is 0.711. The van der Waals surface area contributed by atoms with Crippen molar-refractivity contribution in [3.05, 3.63) is 0 Å². The van der Waals surface area contributed by atoms with Crippen molar-refractivity contribution >= 4 is 12.0 Å². The maximum absolute atomic E-state index is 12.0. The zero-order valence-electron chi connectivity index (χ0n) is 12.7. The van der Waals surface area contributed by atoms with E-state index >= 15 is 0 Å². The third-order valence-electron chi connectivity index (χ3n) is 2.99. The lowest BCUT2D eigenvalue weighted by Crippen LogP contribution is -2.44. The molecule has 114 valence electrons. The summed E-state index contributed by atoms with van der Waals surface area (Å²) in [5, 5.41) is 20.5. The second-order valence-electron chi connectivity index (χ2n) is 5.42. The first-order valence-electron chi connectivity index (χ1n) is 6.96. The summed E-state index contributed by atoms with van der Waals surface area (Å²) in [6.45, 7) is 8.42. The molecule has 6 heteroatoms. The Morgan fingerprint density at radius 3 is 2.35 bits per heavy atom. The average molecular weight is 283 g/mol.